The summed E-state index contributed by atoms with van der Waals surface area (Å²) >= 11 is 0. The molecule has 1 aromatic carbocycles. The maximum Gasteiger partial charge on any atom is 0.126 e. The molecule has 0 saturated carbocycles. The van der Waals surface area contributed by atoms with Crippen molar-refractivity contribution in [3.63, 3.8) is 0 Å². The molecule has 0 radical (unpaired) electrons. The molecule has 0 saturated heterocycles. The molecule has 2 N–H and O–H groups in total. The highest BCUT2D eigenvalue weighted by Crippen LogP contribution is 2.19. The van der Waals surface area contributed by atoms with Crippen molar-refractivity contribution in [2.24, 2.45) is 5.73 Å². The molecule has 94 valence electrons. The summed E-state index contributed by atoms with van der Waals surface area (Å²) in [5, 5.41) is 0. The molecule has 2 nitrogen and oxygen atoms in total. The standard InChI is InChI=1S/C15H23NO/c1-2-9-14-10-5-6-11-15(14)17-13-8-4-3-7-12-16/h2,5-6,9-11H,3-4,7-8,12-13,16H2,1H3. The van der Waals surface area contributed by atoms with Crippen molar-refractivity contribution in [3.05, 3.63) is 35.9 Å². The Balaban J connectivity index is 2.31. The van der Waals surface area contributed by atoms with E-state index in [9.17, 15) is 0 Å². The number of rotatable bonds is 8. The molecular formula is C15H23NO. The molecule has 0 bridgehead atoms. The predicted octanol–water partition coefficient (Wildman–Crippen LogP) is 3.62. The van der Waals surface area contributed by atoms with E-state index in [-0.39, 0.29) is 0 Å². The summed E-state index contributed by atoms with van der Waals surface area (Å²) in [6, 6.07) is 8.14. The van der Waals surface area contributed by atoms with Crippen molar-refractivity contribution in [1.29, 1.82) is 0 Å². The highest BCUT2D eigenvalue weighted by molar-refractivity contribution is 5.56. The number of nitrogens with two attached hydrogens (primary N) is 1. The lowest BCUT2D eigenvalue weighted by Gasteiger charge is -2.08. The van der Waals surface area contributed by atoms with Gasteiger partial charge in [-0.3, -0.25) is 0 Å². The van der Waals surface area contributed by atoms with E-state index in [0.717, 1.165) is 37.3 Å². The normalized spacial score (nSPS) is 10.9. The molecule has 1 rings (SSSR count). The number of allylic oxidation sites excluding steroid dienone is 1. The molecule has 0 aliphatic rings. The highest BCUT2D eigenvalue weighted by atomic mass is 16.5. The van der Waals surface area contributed by atoms with Gasteiger partial charge in [-0.1, -0.05) is 43.2 Å². The third kappa shape index (κ3) is 5.55. The third-order valence-electron chi connectivity index (χ3n) is 2.62. The number of benzene rings is 1. The lowest BCUT2D eigenvalue weighted by molar-refractivity contribution is 0.304. The van der Waals surface area contributed by atoms with Crippen LogP contribution in [0.15, 0.2) is 30.3 Å². The number of hydrogen-bond acceptors (Lipinski definition) is 2. The van der Waals surface area contributed by atoms with E-state index in [2.05, 4.69) is 12.1 Å². The Morgan fingerprint density at radius 1 is 1.12 bits per heavy atom. The second-order valence-electron chi connectivity index (χ2n) is 4.09. The Bertz CT molecular complexity index is 333. The summed E-state index contributed by atoms with van der Waals surface area (Å²) in [5.74, 6) is 0.976. The van der Waals surface area contributed by atoms with Gasteiger partial charge >= 0.3 is 0 Å². The zero-order valence-corrected chi connectivity index (χ0v) is 10.7. The van der Waals surface area contributed by atoms with Crippen molar-refractivity contribution < 1.29 is 4.74 Å². The van der Waals surface area contributed by atoms with Gasteiger partial charge in [0.15, 0.2) is 0 Å². The molecular weight excluding hydrogens is 210 g/mol. The molecule has 0 aliphatic heterocycles. The monoisotopic (exact) mass is 233 g/mol. The third-order valence-corrected chi connectivity index (χ3v) is 2.62. The largest absolute Gasteiger partial charge is 0.493 e. The molecule has 0 heterocycles. The van der Waals surface area contributed by atoms with Crippen LogP contribution in [0.3, 0.4) is 0 Å². The number of unbranched alkanes of at least 4 members (excludes halogenated alkanes) is 3. The van der Waals surface area contributed by atoms with Gasteiger partial charge in [0.1, 0.15) is 5.75 Å². The molecule has 17 heavy (non-hydrogen) atoms. The number of hydrogen-bond donors (Lipinski definition) is 1. The van der Waals surface area contributed by atoms with Gasteiger partial charge in [-0.05, 0) is 32.4 Å². The first kappa shape index (κ1) is 13.8. The van der Waals surface area contributed by atoms with E-state index in [4.69, 9.17) is 10.5 Å². The fourth-order valence-electron chi connectivity index (χ4n) is 1.71. The van der Waals surface area contributed by atoms with Crippen LogP contribution in [0.2, 0.25) is 0 Å². The van der Waals surface area contributed by atoms with E-state index in [1.165, 1.54) is 12.8 Å². The lowest BCUT2D eigenvalue weighted by Crippen LogP contribution is -2.01. The first-order chi connectivity index (χ1) is 8.38. The van der Waals surface area contributed by atoms with E-state index in [0.29, 0.717) is 0 Å². The Hall–Kier alpha value is -1.28. The Kier molecular flexibility index (Phi) is 7.15. The Morgan fingerprint density at radius 3 is 2.65 bits per heavy atom. The summed E-state index contributed by atoms with van der Waals surface area (Å²) in [5.41, 5.74) is 6.60. The van der Waals surface area contributed by atoms with Gasteiger partial charge < -0.3 is 10.5 Å². The minimum absolute atomic E-state index is 0.791. The summed E-state index contributed by atoms with van der Waals surface area (Å²) in [6.07, 6.45) is 8.73. The van der Waals surface area contributed by atoms with Gasteiger partial charge in [-0.25, -0.2) is 0 Å². The minimum atomic E-state index is 0.791. The van der Waals surface area contributed by atoms with Crippen molar-refractivity contribution in [3.8, 4) is 5.75 Å². The zero-order valence-electron chi connectivity index (χ0n) is 10.7. The predicted molar refractivity (Wildman–Crippen MR) is 74.2 cm³/mol. The highest BCUT2D eigenvalue weighted by Gasteiger charge is 1.98. The van der Waals surface area contributed by atoms with Crippen molar-refractivity contribution >= 4 is 6.08 Å². The fourth-order valence-corrected chi connectivity index (χ4v) is 1.71. The topological polar surface area (TPSA) is 35.2 Å². The first-order valence-electron chi connectivity index (χ1n) is 6.43. The van der Waals surface area contributed by atoms with Crippen LogP contribution in [0.1, 0.15) is 38.2 Å². The van der Waals surface area contributed by atoms with Gasteiger partial charge in [0.2, 0.25) is 0 Å². The van der Waals surface area contributed by atoms with E-state index in [1.807, 2.05) is 31.2 Å². The second-order valence-corrected chi connectivity index (χ2v) is 4.09. The van der Waals surface area contributed by atoms with Gasteiger partial charge in [0.25, 0.3) is 0 Å². The smallest absolute Gasteiger partial charge is 0.126 e. The van der Waals surface area contributed by atoms with Crippen LogP contribution in [-0.2, 0) is 0 Å². The minimum Gasteiger partial charge on any atom is -0.493 e. The lowest BCUT2D eigenvalue weighted by atomic mass is 10.2. The van der Waals surface area contributed by atoms with Crippen LogP contribution >= 0.6 is 0 Å². The Labute approximate surface area is 104 Å². The number of para-hydroxylation sites is 1. The maximum atomic E-state index is 5.79. The molecule has 0 aromatic heterocycles. The summed E-state index contributed by atoms with van der Waals surface area (Å²) in [4.78, 5) is 0. The van der Waals surface area contributed by atoms with Crippen LogP contribution in [0.4, 0.5) is 0 Å². The van der Waals surface area contributed by atoms with Gasteiger partial charge in [-0.2, -0.15) is 0 Å². The number of ether oxygens (including phenoxy) is 1. The van der Waals surface area contributed by atoms with Gasteiger partial charge in [0.05, 0.1) is 6.61 Å². The molecule has 0 amide bonds. The average Bonchev–Trinajstić information content (AvgIpc) is 2.36. The summed E-state index contributed by atoms with van der Waals surface area (Å²) in [7, 11) is 0. The van der Waals surface area contributed by atoms with E-state index in [1.54, 1.807) is 0 Å². The van der Waals surface area contributed by atoms with Crippen molar-refractivity contribution in [2.75, 3.05) is 13.2 Å². The second kappa shape index (κ2) is 8.82. The molecule has 0 fully saturated rings. The molecule has 2 heteroatoms. The summed E-state index contributed by atoms with van der Waals surface area (Å²) in [6.45, 7) is 3.60. The maximum absolute atomic E-state index is 5.79. The van der Waals surface area contributed by atoms with Crippen LogP contribution in [0, 0.1) is 0 Å². The van der Waals surface area contributed by atoms with E-state index < -0.39 is 0 Å². The van der Waals surface area contributed by atoms with Gasteiger partial charge in [0, 0.05) is 5.56 Å². The van der Waals surface area contributed by atoms with Gasteiger partial charge in [-0.15, -0.1) is 0 Å². The van der Waals surface area contributed by atoms with Crippen LogP contribution < -0.4 is 10.5 Å². The molecule has 0 unspecified atom stereocenters. The van der Waals surface area contributed by atoms with Crippen LogP contribution in [0.5, 0.6) is 5.75 Å². The molecule has 0 spiro atoms. The van der Waals surface area contributed by atoms with Crippen molar-refractivity contribution in [1.82, 2.24) is 0 Å². The first-order valence-corrected chi connectivity index (χ1v) is 6.43. The summed E-state index contributed by atoms with van der Waals surface area (Å²) < 4.78 is 5.79. The fraction of sp³-hybridized carbons (Fsp3) is 0.467. The molecule has 1 aromatic rings. The van der Waals surface area contributed by atoms with Crippen LogP contribution in [0.25, 0.3) is 6.08 Å². The molecule has 0 atom stereocenters. The quantitative estimate of drug-likeness (QED) is 0.696. The Morgan fingerprint density at radius 2 is 1.88 bits per heavy atom. The molecule has 0 aliphatic carbocycles. The zero-order chi connectivity index (χ0) is 12.3. The van der Waals surface area contributed by atoms with Crippen molar-refractivity contribution in [2.45, 2.75) is 32.6 Å². The average molecular weight is 233 g/mol. The van der Waals surface area contributed by atoms with E-state index >= 15 is 0 Å². The SMILES string of the molecule is CC=Cc1ccccc1OCCCCCCN. The van der Waals surface area contributed by atoms with Crippen LogP contribution in [-0.4, -0.2) is 13.2 Å².